The van der Waals surface area contributed by atoms with Crippen LogP contribution in [0.2, 0.25) is 0 Å². The summed E-state index contributed by atoms with van der Waals surface area (Å²) in [5.41, 5.74) is 0. The molecule has 1 N–H and O–H groups in total. The van der Waals surface area contributed by atoms with Crippen LogP contribution in [-0.2, 0) is 9.53 Å². The Morgan fingerprint density at radius 3 is 3.06 bits per heavy atom. The Balaban J connectivity index is 1.63. The number of fused-ring (bicyclic) bond motifs is 2. The van der Waals surface area contributed by atoms with Crippen LogP contribution in [0, 0.1) is 0 Å². The molecule has 4 atom stereocenters. The summed E-state index contributed by atoms with van der Waals surface area (Å²) in [6.07, 6.45) is 4.00. The molecule has 0 saturated carbocycles. The summed E-state index contributed by atoms with van der Waals surface area (Å²) in [5, 5.41) is 5.39. The molecule has 4 heterocycles. The third-order valence-corrected chi connectivity index (χ3v) is 5.18. The van der Waals surface area contributed by atoms with Gasteiger partial charge in [-0.15, -0.1) is 11.3 Å². The van der Waals surface area contributed by atoms with Gasteiger partial charge in [-0.2, -0.15) is 0 Å². The van der Waals surface area contributed by atoms with Crippen molar-refractivity contribution in [3.63, 3.8) is 0 Å². The van der Waals surface area contributed by atoms with Gasteiger partial charge in [0.25, 0.3) is 0 Å². The van der Waals surface area contributed by atoms with E-state index in [-0.39, 0.29) is 24.2 Å². The van der Waals surface area contributed by atoms with Crippen LogP contribution in [0.15, 0.2) is 17.5 Å². The van der Waals surface area contributed by atoms with Crippen molar-refractivity contribution >= 4 is 17.2 Å². The zero-order valence-electron chi connectivity index (χ0n) is 10.0. The van der Waals surface area contributed by atoms with Crippen molar-refractivity contribution in [2.75, 3.05) is 6.54 Å². The molecule has 0 spiro atoms. The Morgan fingerprint density at radius 2 is 2.39 bits per heavy atom. The number of ether oxygens (including phenoxy) is 1. The predicted octanol–water partition coefficient (Wildman–Crippen LogP) is 1.50. The van der Waals surface area contributed by atoms with Crippen molar-refractivity contribution in [1.29, 1.82) is 0 Å². The molecular formula is C13H16N2O2S. The summed E-state index contributed by atoms with van der Waals surface area (Å²) in [7, 11) is 0. The molecule has 1 aromatic heterocycles. The average Bonchev–Trinajstić information content (AvgIpc) is 3.12. The van der Waals surface area contributed by atoms with Crippen molar-refractivity contribution in [3.8, 4) is 0 Å². The van der Waals surface area contributed by atoms with Crippen LogP contribution in [0.25, 0.3) is 0 Å². The summed E-state index contributed by atoms with van der Waals surface area (Å²) in [4.78, 5) is 15.4. The lowest BCUT2D eigenvalue weighted by Crippen LogP contribution is -2.44. The molecule has 1 aromatic rings. The fraction of sp³-hybridized carbons (Fsp3) is 0.615. The molecular weight excluding hydrogens is 248 g/mol. The number of amides is 1. The quantitative estimate of drug-likeness (QED) is 0.880. The Labute approximate surface area is 110 Å². The molecule has 4 nitrogen and oxygen atoms in total. The second kappa shape index (κ2) is 4.05. The van der Waals surface area contributed by atoms with Gasteiger partial charge in [0.05, 0.1) is 24.8 Å². The van der Waals surface area contributed by atoms with Crippen molar-refractivity contribution in [3.05, 3.63) is 22.4 Å². The van der Waals surface area contributed by atoms with Gasteiger partial charge in [0.15, 0.2) is 0 Å². The van der Waals surface area contributed by atoms with E-state index in [1.54, 1.807) is 11.3 Å². The van der Waals surface area contributed by atoms with E-state index in [4.69, 9.17) is 4.74 Å². The second-order valence-electron chi connectivity index (χ2n) is 5.28. The maximum Gasteiger partial charge on any atom is 0.238 e. The molecule has 4 unspecified atom stereocenters. The monoisotopic (exact) mass is 264 g/mol. The van der Waals surface area contributed by atoms with Gasteiger partial charge in [-0.3, -0.25) is 10.1 Å². The molecule has 3 aliphatic heterocycles. The smallest absolute Gasteiger partial charge is 0.238 e. The van der Waals surface area contributed by atoms with Crippen LogP contribution in [0.1, 0.15) is 30.3 Å². The van der Waals surface area contributed by atoms with Crippen molar-refractivity contribution in [2.45, 2.75) is 43.7 Å². The Hall–Kier alpha value is -0.910. The first-order valence-corrected chi connectivity index (χ1v) is 7.44. The average molecular weight is 264 g/mol. The van der Waals surface area contributed by atoms with E-state index in [1.807, 2.05) is 11.0 Å². The van der Waals surface area contributed by atoms with Crippen molar-refractivity contribution in [1.82, 2.24) is 10.2 Å². The molecule has 3 saturated heterocycles. The molecule has 0 aliphatic carbocycles. The maximum atomic E-state index is 12.2. The first kappa shape index (κ1) is 11.0. The lowest BCUT2D eigenvalue weighted by Gasteiger charge is -2.33. The van der Waals surface area contributed by atoms with Gasteiger partial charge in [-0.25, -0.2) is 0 Å². The third kappa shape index (κ3) is 1.54. The van der Waals surface area contributed by atoms with E-state index in [0.29, 0.717) is 12.6 Å². The molecule has 3 fully saturated rings. The Kier molecular flexibility index (Phi) is 2.46. The summed E-state index contributed by atoms with van der Waals surface area (Å²) in [5.74, 6) is 0.217. The highest BCUT2D eigenvalue weighted by molar-refractivity contribution is 7.10. The number of hydrogen-bond acceptors (Lipinski definition) is 4. The molecule has 3 aliphatic rings. The first-order chi connectivity index (χ1) is 8.83. The van der Waals surface area contributed by atoms with Crippen LogP contribution in [0.5, 0.6) is 0 Å². The van der Waals surface area contributed by atoms with E-state index >= 15 is 0 Å². The van der Waals surface area contributed by atoms with Gasteiger partial charge in [0.1, 0.15) is 6.17 Å². The summed E-state index contributed by atoms with van der Waals surface area (Å²) in [6, 6.07) is 4.42. The number of carbonyl (C=O) groups is 1. The fourth-order valence-electron chi connectivity index (χ4n) is 3.48. The zero-order chi connectivity index (χ0) is 12.1. The summed E-state index contributed by atoms with van der Waals surface area (Å²) < 4.78 is 5.89. The van der Waals surface area contributed by atoms with Crippen molar-refractivity contribution in [2.24, 2.45) is 0 Å². The van der Waals surface area contributed by atoms with E-state index in [2.05, 4.69) is 16.8 Å². The fourth-order valence-corrected chi connectivity index (χ4v) is 4.28. The minimum Gasteiger partial charge on any atom is -0.373 e. The minimum absolute atomic E-state index is 0.0606. The predicted molar refractivity (Wildman–Crippen MR) is 68.2 cm³/mol. The van der Waals surface area contributed by atoms with Crippen LogP contribution in [0.4, 0.5) is 0 Å². The van der Waals surface area contributed by atoms with Crippen LogP contribution in [0.3, 0.4) is 0 Å². The highest BCUT2D eigenvalue weighted by Gasteiger charge is 2.48. The number of thiophene rings is 1. The third-order valence-electron chi connectivity index (χ3n) is 4.26. The Morgan fingerprint density at radius 1 is 1.44 bits per heavy atom. The highest BCUT2D eigenvalue weighted by atomic mass is 32.1. The Bertz CT molecular complexity index is 462. The van der Waals surface area contributed by atoms with Gasteiger partial charge in [0.2, 0.25) is 5.91 Å². The van der Waals surface area contributed by atoms with Gasteiger partial charge >= 0.3 is 0 Å². The lowest BCUT2D eigenvalue weighted by molar-refractivity contribution is -0.131. The molecule has 5 heteroatoms. The standard InChI is InChI=1S/C13H16N2O2S/c16-12-7-14-13(11-2-1-5-18-11)15(12)9-6-8-3-4-10(9)17-8/h1-2,5,8-10,13-14H,3-4,6-7H2. The minimum atomic E-state index is 0.0606. The van der Waals surface area contributed by atoms with E-state index in [1.165, 1.54) is 11.3 Å². The SMILES string of the molecule is O=C1CNC(c2cccs2)N1C1CC2CCC1O2. The normalized spacial score (nSPS) is 38.9. The number of rotatable bonds is 2. The molecule has 4 rings (SSSR count). The van der Waals surface area contributed by atoms with E-state index in [9.17, 15) is 4.79 Å². The van der Waals surface area contributed by atoms with Crippen LogP contribution < -0.4 is 5.32 Å². The van der Waals surface area contributed by atoms with Crippen LogP contribution in [-0.4, -0.2) is 35.6 Å². The molecule has 0 aromatic carbocycles. The van der Waals surface area contributed by atoms with Gasteiger partial charge in [-0.1, -0.05) is 6.07 Å². The summed E-state index contributed by atoms with van der Waals surface area (Å²) in [6.45, 7) is 0.455. The molecule has 96 valence electrons. The maximum absolute atomic E-state index is 12.2. The molecule has 18 heavy (non-hydrogen) atoms. The second-order valence-corrected chi connectivity index (χ2v) is 6.26. The van der Waals surface area contributed by atoms with Gasteiger partial charge in [0, 0.05) is 4.88 Å². The van der Waals surface area contributed by atoms with Gasteiger partial charge in [-0.05, 0) is 30.7 Å². The molecule has 0 radical (unpaired) electrons. The summed E-state index contributed by atoms with van der Waals surface area (Å²) >= 11 is 1.71. The highest BCUT2D eigenvalue weighted by Crippen LogP contribution is 2.41. The lowest BCUT2D eigenvalue weighted by atomic mass is 9.94. The number of nitrogens with one attached hydrogen (secondary N) is 1. The topological polar surface area (TPSA) is 41.6 Å². The van der Waals surface area contributed by atoms with E-state index < -0.39 is 0 Å². The number of hydrogen-bond donors (Lipinski definition) is 1. The van der Waals surface area contributed by atoms with E-state index in [0.717, 1.165) is 12.8 Å². The first-order valence-electron chi connectivity index (χ1n) is 6.56. The zero-order valence-corrected chi connectivity index (χ0v) is 10.9. The number of nitrogens with zero attached hydrogens (tertiary/aromatic N) is 1. The van der Waals surface area contributed by atoms with Crippen LogP contribution >= 0.6 is 11.3 Å². The number of carbonyl (C=O) groups excluding carboxylic acids is 1. The molecule has 2 bridgehead atoms. The molecule has 1 amide bonds. The van der Waals surface area contributed by atoms with Gasteiger partial charge < -0.3 is 9.64 Å². The largest absolute Gasteiger partial charge is 0.373 e. The van der Waals surface area contributed by atoms with Crippen molar-refractivity contribution < 1.29 is 9.53 Å².